The average Bonchev–Trinajstić information content (AvgIpc) is 2.72. The number of halogens is 2. The van der Waals surface area contributed by atoms with Gasteiger partial charge < -0.3 is 10.8 Å². The van der Waals surface area contributed by atoms with E-state index in [0.29, 0.717) is 3.79 Å². The highest BCUT2D eigenvalue weighted by molar-refractivity contribution is 9.11. The molecule has 0 aliphatic carbocycles. The van der Waals surface area contributed by atoms with Crippen LogP contribution in [0.5, 0.6) is 0 Å². The number of hydrogen-bond acceptors (Lipinski definition) is 5. The first-order chi connectivity index (χ1) is 9.70. The molecular weight excluding hydrogens is 404 g/mol. The van der Waals surface area contributed by atoms with Gasteiger partial charge in [-0.15, -0.1) is 11.3 Å². The zero-order valence-electron chi connectivity index (χ0n) is 10.1. The van der Waals surface area contributed by atoms with Gasteiger partial charge in [0.1, 0.15) is 4.21 Å². The summed E-state index contributed by atoms with van der Waals surface area (Å²) in [5, 5.41) is 9.35. The maximum Gasteiger partial charge on any atom is 0.337 e. The minimum atomic E-state index is -3.93. The molecule has 0 amide bonds. The first kappa shape index (κ1) is 16.1. The summed E-state index contributed by atoms with van der Waals surface area (Å²) in [6.07, 6.45) is 0. The Morgan fingerprint density at radius 1 is 1.38 bits per heavy atom. The molecule has 1 aromatic carbocycles. The van der Waals surface area contributed by atoms with Crippen molar-refractivity contribution < 1.29 is 18.3 Å². The van der Waals surface area contributed by atoms with E-state index < -0.39 is 16.0 Å². The lowest BCUT2D eigenvalue weighted by Gasteiger charge is -2.09. The number of anilines is 2. The SMILES string of the molecule is Nc1ccc(NS(=O)(=O)c2cc(Cl)c(Br)s2)c(C(=O)O)c1. The van der Waals surface area contributed by atoms with Crippen LogP contribution in [0.1, 0.15) is 10.4 Å². The highest BCUT2D eigenvalue weighted by Gasteiger charge is 2.22. The number of carboxylic acids is 1. The number of thiophene rings is 1. The summed E-state index contributed by atoms with van der Waals surface area (Å²) in [6, 6.07) is 5.15. The van der Waals surface area contributed by atoms with E-state index in [2.05, 4.69) is 20.7 Å². The van der Waals surface area contributed by atoms with Gasteiger partial charge in [-0.2, -0.15) is 0 Å². The van der Waals surface area contributed by atoms with Crippen molar-refractivity contribution >= 4 is 66.2 Å². The number of carboxylic acid groups (broad SMARTS) is 1. The Hall–Kier alpha value is -1.29. The average molecular weight is 412 g/mol. The molecule has 2 aromatic rings. The Morgan fingerprint density at radius 3 is 2.57 bits per heavy atom. The van der Waals surface area contributed by atoms with Crippen LogP contribution >= 0.6 is 38.9 Å². The van der Waals surface area contributed by atoms with Crippen molar-refractivity contribution in [1.82, 2.24) is 0 Å². The maximum absolute atomic E-state index is 12.2. The van der Waals surface area contributed by atoms with E-state index in [1.165, 1.54) is 24.3 Å². The first-order valence-corrected chi connectivity index (χ1v) is 8.78. The molecule has 0 bridgehead atoms. The van der Waals surface area contributed by atoms with E-state index in [4.69, 9.17) is 22.4 Å². The van der Waals surface area contributed by atoms with Crippen LogP contribution in [0, 0.1) is 0 Å². The number of aromatic carboxylic acids is 1. The molecule has 0 aliphatic heterocycles. The van der Waals surface area contributed by atoms with Crippen LogP contribution in [0.4, 0.5) is 11.4 Å². The zero-order chi connectivity index (χ0) is 15.8. The summed E-state index contributed by atoms with van der Waals surface area (Å²) >= 11 is 9.85. The molecule has 0 aliphatic rings. The molecule has 0 saturated carbocycles. The Balaban J connectivity index is 2.44. The summed E-state index contributed by atoms with van der Waals surface area (Å²) in [7, 11) is -3.93. The first-order valence-electron chi connectivity index (χ1n) is 5.31. The van der Waals surface area contributed by atoms with Crippen LogP contribution in [0.2, 0.25) is 5.02 Å². The normalized spacial score (nSPS) is 11.3. The maximum atomic E-state index is 12.2. The van der Waals surface area contributed by atoms with Crippen molar-refractivity contribution in [3.63, 3.8) is 0 Å². The van der Waals surface area contributed by atoms with Gasteiger partial charge in [-0.05, 0) is 40.2 Å². The summed E-state index contributed by atoms with van der Waals surface area (Å²) in [5.41, 5.74) is 5.41. The van der Waals surface area contributed by atoms with Crippen LogP contribution in [-0.4, -0.2) is 19.5 Å². The van der Waals surface area contributed by atoms with Gasteiger partial charge in [0.25, 0.3) is 10.0 Å². The fourth-order valence-corrected chi connectivity index (χ4v) is 4.96. The lowest BCUT2D eigenvalue weighted by molar-refractivity contribution is 0.0698. The van der Waals surface area contributed by atoms with Gasteiger partial charge in [-0.1, -0.05) is 11.6 Å². The molecule has 2 rings (SSSR count). The number of nitrogen functional groups attached to an aromatic ring is 1. The Labute approximate surface area is 137 Å². The summed E-state index contributed by atoms with van der Waals surface area (Å²) in [6.45, 7) is 0. The van der Waals surface area contributed by atoms with E-state index in [-0.39, 0.29) is 26.2 Å². The number of rotatable bonds is 4. The number of hydrogen-bond donors (Lipinski definition) is 3. The van der Waals surface area contributed by atoms with Gasteiger partial charge in [0.2, 0.25) is 0 Å². The Kier molecular flexibility index (Phi) is 4.47. The Morgan fingerprint density at radius 2 is 2.05 bits per heavy atom. The van der Waals surface area contributed by atoms with Gasteiger partial charge in [0.05, 0.1) is 20.1 Å². The fourth-order valence-electron chi connectivity index (χ4n) is 1.48. The molecule has 0 unspecified atom stereocenters. The second-order valence-corrected chi connectivity index (χ2v) is 8.59. The number of sulfonamides is 1. The largest absolute Gasteiger partial charge is 0.478 e. The summed E-state index contributed by atoms with van der Waals surface area (Å²) in [4.78, 5) is 11.1. The molecule has 10 heteroatoms. The van der Waals surface area contributed by atoms with Crippen LogP contribution < -0.4 is 10.5 Å². The van der Waals surface area contributed by atoms with Crippen molar-refractivity contribution in [2.24, 2.45) is 0 Å². The van der Waals surface area contributed by atoms with Gasteiger partial charge in [0, 0.05) is 5.69 Å². The van der Waals surface area contributed by atoms with Crippen LogP contribution in [-0.2, 0) is 10.0 Å². The topological polar surface area (TPSA) is 109 Å². The monoisotopic (exact) mass is 410 g/mol. The highest BCUT2D eigenvalue weighted by atomic mass is 79.9. The fraction of sp³-hybridized carbons (Fsp3) is 0. The summed E-state index contributed by atoms with van der Waals surface area (Å²) < 4.78 is 27.1. The van der Waals surface area contributed by atoms with Crippen molar-refractivity contribution in [2.45, 2.75) is 4.21 Å². The van der Waals surface area contributed by atoms with Crippen molar-refractivity contribution in [3.05, 3.63) is 38.6 Å². The molecule has 1 aromatic heterocycles. The lowest BCUT2D eigenvalue weighted by Crippen LogP contribution is -2.14. The molecule has 0 spiro atoms. The third kappa shape index (κ3) is 3.49. The zero-order valence-corrected chi connectivity index (χ0v) is 14.1. The second kappa shape index (κ2) is 5.84. The van der Waals surface area contributed by atoms with E-state index in [1.807, 2.05) is 0 Å². The molecule has 0 radical (unpaired) electrons. The number of nitrogens with two attached hydrogens (primary N) is 1. The minimum absolute atomic E-state index is 0.0347. The van der Waals surface area contributed by atoms with Gasteiger partial charge >= 0.3 is 5.97 Å². The molecule has 6 nitrogen and oxygen atoms in total. The molecule has 1 heterocycles. The van der Waals surface area contributed by atoms with Crippen LogP contribution in [0.15, 0.2) is 32.3 Å². The van der Waals surface area contributed by atoms with Crippen LogP contribution in [0.3, 0.4) is 0 Å². The predicted molar refractivity (Wildman–Crippen MR) is 85.7 cm³/mol. The van der Waals surface area contributed by atoms with E-state index in [0.717, 1.165) is 11.3 Å². The molecule has 21 heavy (non-hydrogen) atoms. The molecule has 0 fully saturated rings. The third-order valence-electron chi connectivity index (χ3n) is 2.41. The molecule has 0 saturated heterocycles. The summed E-state index contributed by atoms with van der Waals surface area (Å²) in [5.74, 6) is -1.29. The van der Waals surface area contributed by atoms with Crippen molar-refractivity contribution in [1.29, 1.82) is 0 Å². The lowest BCUT2D eigenvalue weighted by atomic mass is 10.1. The second-order valence-electron chi connectivity index (χ2n) is 3.90. The van der Waals surface area contributed by atoms with Crippen LogP contribution in [0.25, 0.3) is 0 Å². The molecular formula is C11H8BrClN2O4S2. The van der Waals surface area contributed by atoms with E-state index >= 15 is 0 Å². The number of carbonyl (C=O) groups is 1. The number of nitrogens with one attached hydrogen (secondary N) is 1. The smallest absolute Gasteiger partial charge is 0.337 e. The predicted octanol–water partition coefficient (Wildman–Crippen LogP) is 3.25. The van der Waals surface area contributed by atoms with Gasteiger partial charge in [0.15, 0.2) is 0 Å². The van der Waals surface area contributed by atoms with E-state index in [9.17, 15) is 13.2 Å². The Bertz CT molecular complexity index is 800. The molecule has 4 N–H and O–H groups in total. The van der Waals surface area contributed by atoms with Crippen molar-refractivity contribution in [3.8, 4) is 0 Å². The highest BCUT2D eigenvalue weighted by Crippen LogP contribution is 2.35. The standard InChI is InChI=1S/C11H8BrClN2O4S2/c12-10-7(13)4-9(20-10)21(18,19)15-8-2-1-5(14)3-6(8)11(16)17/h1-4,15H,14H2,(H,16,17). The molecule has 0 atom stereocenters. The molecule has 112 valence electrons. The number of benzene rings is 1. The van der Waals surface area contributed by atoms with Gasteiger partial charge in [-0.25, -0.2) is 13.2 Å². The quantitative estimate of drug-likeness (QED) is 0.669. The van der Waals surface area contributed by atoms with Crippen molar-refractivity contribution in [2.75, 3.05) is 10.5 Å². The van der Waals surface area contributed by atoms with E-state index in [1.54, 1.807) is 0 Å². The third-order valence-corrected chi connectivity index (χ3v) is 6.72. The van der Waals surface area contributed by atoms with Gasteiger partial charge in [-0.3, -0.25) is 4.72 Å². The minimum Gasteiger partial charge on any atom is -0.478 e.